The van der Waals surface area contributed by atoms with Gasteiger partial charge >= 0.3 is 5.97 Å². The van der Waals surface area contributed by atoms with Crippen LogP contribution in [0.1, 0.15) is 43.2 Å². The number of hydrogen-bond donors (Lipinski definition) is 1. The lowest BCUT2D eigenvalue weighted by atomic mass is 9.91. The number of aryl methyl sites for hydroxylation is 1. The van der Waals surface area contributed by atoms with Gasteiger partial charge in [0.2, 0.25) is 11.8 Å². The molecular formula is C24H30N4O4. The van der Waals surface area contributed by atoms with Crippen molar-refractivity contribution < 1.29 is 19.1 Å². The molecule has 0 spiro atoms. The molecule has 0 bridgehead atoms. The number of hydrogen-bond acceptors (Lipinski definition) is 6. The molecule has 0 aromatic carbocycles. The van der Waals surface area contributed by atoms with Crippen LogP contribution in [0.25, 0.3) is 0 Å². The summed E-state index contributed by atoms with van der Waals surface area (Å²) in [6, 6.07) is 7.44. The van der Waals surface area contributed by atoms with Crippen molar-refractivity contribution in [1.82, 2.24) is 20.2 Å². The van der Waals surface area contributed by atoms with E-state index in [1.165, 1.54) is 0 Å². The number of aromatic nitrogens is 2. The van der Waals surface area contributed by atoms with Crippen LogP contribution in [-0.2, 0) is 25.5 Å². The molecule has 8 heteroatoms. The van der Waals surface area contributed by atoms with Gasteiger partial charge in [-0.15, -0.1) is 0 Å². The molecule has 32 heavy (non-hydrogen) atoms. The Balaban J connectivity index is 1.52. The number of piperidine rings is 1. The molecule has 0 aliphatic carbocycles. The lowest BCUT2D eigenvalue weighted by Gasteiger charge is -2.32. The number of amides is 2. The van der Waals surface area contributed by atoms with Crippen molar-refractivity contribution in [1.29, 1.82) is 0 Å². The first-order chi connectivity index (χ1) is 15.6. The van der Waals surface area contributed by atoms with Gasteiger partial charge in [-0.3, -0.25) is 24.4 Å². The monoisotopic (exact) mass is 438 g/mol. The Morgan fingerprint density at radius 2 is 2.03 bits per heavy atom. The van der Waals surface area contributed by atoms with E-state index in [4.69, 9.17) is 4.74 Å². The predicted molar refractivity (Wildman–Crippen MR) is 118 cm³/mol. The number of likely N-dealkylation sites (tertiary alicyclic amines) is 1. The number of ether oxygens (including phenoxy) is 1. The van der Waals surface area contributed by atoms with Crippen LogP contribution in [0, 0.1) is 5.92 Å². The number of carbonyl (C=O) groups is 3. The molecule has 8 nitrogen and oxygen atoms in total. The Morgan fingerprint density at radius 1 is 1.22 bits per heavy atom. The van der Waals surface area contributed by atoms with E-state index in [1.807, 2.05) is 12.1 Å². The van der Waals surface area contributed by atoms with Crippen LogP contribution >= 0.6 is 0 Å². The largest absolute Gasteiger partial charge is 0.465 e. The highest BCUT2D eigenvalue weighted by Crippen LogP contribution is 2.23. The van der Waals surface area contributed by atoms with Crippen molar-refractivity contribution in [3.8, 4) is 0 Å². The summed E-state index contributed by atoms with van der Waals surface area (Å²) in [5.41, 5.74) is 1.83. The van der Waals surface area contributed by atoms with Gasteiger partial charge in [0.15, 0.2) is 0 Å². The standard InChI is InChI=1S/C24H30N4O4/c1-2-32-24(31)21(20-5-3-11-26-15-20)16-27-22(29)17-28-14-4-6-19(23(28)30)8-7-18-9-12-25-13-10-18/h3,5,9-13,15,19,21H,2,4,6-8,14,16-17H2,1H3,(H,27,29)/t19-,21-/m0/s1. The average molecular weight is 439 g/mol. The van der Waals surface area contributed by atoms with E-state index in [9.17, 15) is 14.4 Å². The zero-order valence-electron chi connectivity index (χ0n) is 18.4. The van der Waals surface area contributed by atoms with Crippen LogP contribution in [0.15, 0.2) is 49.1 Å². The van der Waals surface area contributed by atoms with Crippen molar-refractivity contribution in [2.75, 3.05) is 26.2 Å². The highest BCUT2D eigenvalue weighted by atomic mass is 16.5. The first-order valence-electron chi connectivity index (χ1n) is 11.1. The van der Waals surface area contributed by atoms with E-state index in [1.54, 1.807) is 48.7 Å². The molecule has 3 rings (SSSR count). The number of nitrogens with one attached hydrogen (secondary N) is 1. The Morgan fingerprint density at radius 3 is 2.75 bits per heavy atom. The van der Waals surface area contributed by atoms with Crippen LogP contribution in [0.3, 0.4) is 0 Å². The third-order valence-corrected chi connectivity index (χ3v) is 5.67. The van der Waals surface area contributed by atoms with Crippen LogP contribution in [-0.4, -0.2) is 58.9 Å². The number of esters is 1. The molecule has 1 fully saturated rings. The lowest BCUT2D eigenvalue weighted by molar-refractivity contribution is -0.145. The topological polar surface area (TPSA) is 101 Å². The van der Waals surface area contributed by atoms with Crippen molar-refractivity contribution >= 4 is 17.8 Å². The quantitative estimate of drug-likeness (QED) is 0.570. The first-order valence-corrected chi connectivity index (χ1v) is 11.1. The van der Waals surface area contributed by atoms with Gasteiger partial charge < -0.3 is 15.0 Å². The highest BCUT2D eigenvalue weighted by molar-refractivity contribution is 5.87. The summed E-state index contributed by atoms with van der Waals surface area (Å²) in [7, 11) is 0. The summed E-state index contributed by atoms with van der Waals surface area (Å²) < 4.78 is 5.15. The lowest BCUT2D eigenvalue weighted by Crippen LogP contribution is -2.47. The molecule has 0 unspecified atom stereocenters. The first kappa shape index (κ1) is 23.4. The fourth-order valence-corrected chi connectivity index (χ4v) is 3.94. The average Bonchev–Trinajstić information content (AvgIpc) is 2.81. The smallest absolute Gasteiger partial charge is 0.315 e. The molecule has 0 saturated carbocycles. The Kier molecular flexibility index (Phi) is 8.71. The van der Waals surface area contributed by atoms with Gasteiger partial charge in [0, 0.05) is 43.8 Å². The van der Waals surface area contributed by atoms with Crippen LogP contribution in [0.2, 0.25) is 0 Å². The normalized spacial score (nSPS) is 17.0. The molecule has 2 amide bonds. The van der Waals surface area contributed by atoms with Crippen molar-refractivity contribution in [2.24, 2.45) is 5.92 Å². The minimum Gasteiger partial charge on any atom is -0.465 e. The second kappa shape index (κ2) is 11.9. The Labute approximate surface area is 188 Å². The second-order valence-corrected chi connectivity index (χ2v) is 7.89. The molecule has 1 aliphatic rings. The minimum absolute atomic E-state index is 0.00677. The molecular weight excluding hydrogens is 408 g/mol. The highest BCUT2D eigenvalue weighted by Gasteiger charge is 2.30. The van der Waals surface area contributed by atoms with E-state index in [0.717, 1.165) is 31.2 Å². The van der Waals surface area contributed by atoms with E-state index >= 15 is 0 Å². The maximum absolute atomic E-state index is 12.9. The van der Waals surface area contributed by atoms with Gasteiger partial charge in [0.05, 0.1) is 13.2 Å². The summed E-state index contributed by atoms with van der Waals surface area (Å²) in [4.78, 5) is 47.5. The molecule has 1 aliphatic heterocycles. The molecule has 1 N–H and O–H groups in total. The van der Waals surface area contributed by atoms with Gasteiger partial charge in [-0.25, -0.2) is 0 Å². The summed E-state index contributed by atoms with van der Waals surface area (Å²) in [5, 5.41) is 2.79. The molecule has 2 atom stereocenters. The van der Waals surface area contributed by atoms with Crippen molar-refractivity contribution in [3.63, 3.8) is 0 Å². The number of nitrogens with zero attached hydrogens (tertiary/aromatic N) is 3. The zero-order chi connectivity index (χ0) is 22.8. The van der Waals surface area contributed by atoms with E-state index < -0.39 is 11.9 Å². The van der Waals surface area contributed by atoms with E-state index in [2.05, 4.69) is 15.3 Å². The van der Waals surface area contributed by atoms with Gasteiger partial charge in [0.1, 0.15) is 5.92 Å². The van der Waals surface area contributed by atoms with Crippen LogP contribution in [0.5, 0.6) is 0 Å². The fourth-order valence-electron chi connectivity index (χ4n) is 3.94. The van der Waals surface area contributed by atoms with E-state index in [0.29, 0.717) is 12.1 Å². The maximum atomic E-state index is 12.9. The fraction of sp³-hybridized carbons (Fsp3) is 0.458. The Bertz CT molecular complexity index is 891. The maximum Gasteiger partial charge on any atom is 0.315 e. The predicted octanol–water partition coefficient (Wildman–Crippen LogP) is 2.11. The van der Waals surface area contributed by atoms with Crippen LogP contribution < -0.4 is 5.32 Å². The molecule has 1 saturated heterocycles. The van der Waals surface area contributed by atoms with Crippen LogP contribution in [0.4, 0.5) is 0 Å². The number of carbonyl (C=O) groups excluding carboxylic acids is 3. The van der Waals surface area contributed by atoms with Gasteiger partial charge in [0.25, 0.3) is 0 Å². The number of pyridine rings is 2. The molecule has 2 aromatic rings. The number of rotatable bonds is 10. The summed E-state index contributed by atoms with van der Waals surface area (Å²) in [5.74, 6) is -1.39. The third kappa shape index (κ3) is 6.60. The SMILES string of the molecule is CCOC(=O)[C@@H](CNC(=O)CN1CCC[C@@H](CCc2ccncc2)C1=O)c1cccnc1. The zero-order valence-corrected chi connectivity index (χ0v) is 18.4. The summed E-state index contributed by atoms with van der Waals surface area (Å²) in [6.45, 7) is 2.66. The summed E-state index contributed by atoms with van der Waals surface area (Å²) in [6.07, 6.45) is 10.0. The Hall–Kier alpha value is -3.29. The third-order valence-electron chi connectivity index (χ3n) is 5.67. The molecule has 0 radical (unpaired) electrons. The van der Waals surface area contributed by atoms with Crippen molar-refractivity contribution in [3.05, 3.63) is 60.2 Å². The van der Waals surface area contributed by atoms with Gasteiger partial charge in [-0.05, 0) is 61.9 Å². The molecule has 2 aromatic heterocycles. The van der Waals surface area contributed by atoms with E-state index in [-0.39, 0.29) is 37.4 Å². The summed E-state index contributed by atoms with van der Waals surface area (Å²) >= 11 is 0. The minimum atomic E-state index is -0.641. The molecule has 170 valence electrons. The van der Waals surface area contributed by atoms with Gasteiger partial charge in [-0.1, -0.05) is 6.07 Å². The molecule has 3 heterocycles. The van der Waals surface area contributed by atoms with Crippen molar-refractivity contribution in [2.45, 2.75) is 38.5 Å². The van der Waals surface area contributed by atoms with Gasteiger partial charge in [-0.2, -0.15) is 0 Å². The second-order valence-electron chi connectivity index (χ2n) is 7.89.